The Balaban J connectivity index is 2.10. The van der Waals surface area contributed by atoms with Gasteiger partial charge in [-0.2, -0.15) is 0 Å². The number of fused-ring (bicyclic) bond motifs is 1. The molecule has 1 amide bonds. The first-order valence-corrected chi connectivity index (χ1v) is 6.25. The standard InChI is InChI=1S/C12H14N4O5/c13-14-21-11(17)4-6-15-5-3-8-1-2-9(16(19)20)7-10(8)12(15)18/h1-2,7,14H,3-6,13H2. The number of non-ortho nitro benzene ring substituents is 1. The Morgan fingerprint density at radius 2 is 2.29 bits per heavy atom. The average molecular weight is 294 g/mol. The molecule has 0 radical (unpaired) electrons. The van der Waals surface area contributed by atoms with Gasteiger partial charge in [0, 0.05) is 30.8 Å². The number of carbonyl (C=O) groups excluding carboxylic acids is 2. The highest BCUT2D eigenvalue weighted by molar-refractivity contribution is 5.97. The number of carbonyl (C=O) groups is 2. The van der Waals surface area contributed by atoms with E-state index in [-0.39, 0.29) is 24.6 Å². The lowest BCUT2D eigenvalue weighted by Crippen LogP contribution is -2.39. The van der Waals surface area contributed by atoms with Crippen LogP contribution in [0.4, 0.5) is 5.69 Å². The topological polar surface area (TPSA) is 128 Å². The van der Waals surface area contributed by atoms with Crippen molar-refractivity contribution in [2.24, 2.45) is 5.84 Å². The maximum Gasteiger partial charge on any atom is 0.328 e. The number of benzene rings is 1. The second kappa shape index (κ2) is 6.29. The number of hydrogen-bond donors (Lipinski definition) is 2. The summed E-state index contributed by atoms with van der Waals surface area (Å²) in [6, 6.07) is 4.24. The summed E-state index contributed by atoms with van der Waals surface area (Å²) in [4.78, 5) is 39.5. The molecular formula is C12H14N4O5. The first-order chi connectivity index (χ1) is 10.0. The molecule has 1 aliphatic rings. The van der Waals surface area contributed by atoms with Crippen LogP contribution in [-0.2, 0) is 16.1 Å². The number of nitrogens with two attached hydrogens (primary N) is 1. The summed E-state index contributed by atoms with van der Waals surface area (Å²) in [5.41, 5.74) is 2.72. The van der Waals surface area contributed by atoms with Gasteiger partial charge in [0.15, 0.2) is 0 Å². The monoisotopic (exact) mass is 294 g/mol. The quantitative estimate of drug-likeness (QED) is 0.441. The second-order valence-electron chi connectivity index (χ2n) is 4.48. The van der Waals surface area contributed by atoms with Gasteiger partial charge in [0.1, 0.15) is 0 Å². The van der Waals surface area contributed by atoms with Crippen molar-refractivity contribution in [3.63, 3.8) is 0 Å². The molecule has 2 rings (SSSR count). The van der Waals surface area contributed by atoms with Crippen LogP contribution in [0, 0.1) is 10.1 Å². The predicted octanol–water partition coefficient (Wildman–Crippen LogP) is -0.0953. The summed E-state index contributed by atoms with van der Waals surface area (Å²) in [7, 11) is 0. The lowest BCUT2D eigenvalue weighted by molar-refractivity contribution is -0.384. The Labute approximate surface area is 119 Å². The third-order valence-electron chi connectivity index (χ3n) is 3.23. The van der Waals surface area contributed by atoms with Crippen molar-refractivity contribution in [2.45, 2.75) is 12.8 Å². The van der Waals surface area contributed by atoms with Crippen molar-refractivity contribution in [2.75, 3.05) is 13.1 Å². The molecule has 0 fully saturated rings. The van der Waals surface area contributed by atoms with Gasteiger partial charge in [-0.15, -0.1) is 0 Å². The molecule has 0 atom stereocenters. The summed E-state index contributed by atoms with van der Waals surface area (Å²) in [6.45, 7) is 0.620. The number of amides is 1. The molecule has 1 aliphatic heterocycles. The fourth-order valence-corrected chi connectivity index (χ4v) is 2.18. The lowest BCUT2D eigenvalue weighted by atomic mass is 9.98. The van der Waals surface area contributed by atoms with Crippen LogP contribution in [0.5, 0.6) is 0 Å². The molecule has 9 heteroatoms. The van der Waals surface area contributed by atoms with Crippen LogP contribution < -0.4 is 11.4 Å². The summed E-state index contributed by atoms with van der Waals surface area (Å²) in [6.07, 6.45) is 0.573. The third-order valence-corrected chi connectivity index (χ3v) is 3.23. The molecule has 1 heterocycles. The van der Waals surface area contributed by atoms with Gasteiger partial charge in [-0.1, -0.05) is 11.7 Å². The van der Waals surface area contributed by atoms with E-state index in [1.807, 2.05) is 0 Å². The van der Waals surface area contributed by atoms with E-state index in [2.05, 4.69) is 4.84 Å². The smallest absolute Gasteiger partial charge is 0.328 e. The molecule has 0 aromatic heterocycles. The first kappa shape index (κ1) is 14.9. The van der Waals surface area contributed by atoms with E-state index in [9.17, 15) is 19.7 Å². The molecule has 21 heavy (non-hydrogen) atoms. The van der Waals surface area contributed by atoms with Gasteiger partial charge in [-0.25, -0.2) is 5.84 Å². The largest absolute Gasteiger partial charge is 0.356 e. The molecule has 3 N–H and O–H groups in total. The molecule has 0 aliphatic carbocycles. The van der Waals surface area contributed by atoms with Crippen molar-refractivity contribution < 1.29 is 19.3 Å². The Hall–Kier alpha value is -2.52. The fourth-order valence-electron chi connectivity index (χ4n) is 2.18. The lowest BCUT2D eigenvalue weighted by Gasteiger charge is -2.28. The van der Waals surface area contributed by atoms with E-state index in [0.29, 0.717) is 18.5 Å². The maximum absolute atomic E-state index is 12.3. The highest BCUT2D eigenvalue weighted by Gasteiger charge is 2.26. The SMILES string of the molecule is NNOC(=O)CCN1CCc2ccc([N+](=O)[O-])cc2C1=O. The normalized spacial score (nSPS) is 13.8. The molecule has 112 valence electrons. The first-order valence-electron chi connectivity index (χ1n) is 6.25. The van der Waals surface area contributed by atoms with Crippen molar-refractivity contribution in [3.05, 3.63) is 39.4 Å². The molecule has 0 bridgehead atoms. The number of nitrogens with one attached hydrogen (secondary N) is 1. The number of hydrazine groups is 1. The van der Waals surface area contributed by atoms with E-state index in [4.69, 9.17) is 5.84 Å². The van der Waals surface area contributed by atoms with Crippen LogP contribution in [-0.4, -0.2) is 34.8 Å². The highest BCUT2D eigenvalue weighted by Crippen LogP contribution is 2.23. The molecule has 9 nitrogen and oxygen atoms in total. The van der Waals surface area contributed by atoms with Crippen molar-refractivity contribution in [3.8, 4) is 0 Å². The van der Waals surface area contributed by atoms with Crippen LogP contribution in [0.1, 0.15) is 22.3 Å². The number of nitro benzene ring substituents is 1. The number of rotatable bonds is 5. The number of nitro groups is 1. The minimum atomic E-state index is -0.588. The van der Waals surface area contributed by atoms with E-state index in [1.54, 1.807) is 11.7 Å². The fraction of sp³-hybridized carbons (Fsp3) is 0.333. The number of hydrogen-bond acceptors (Lipinski definition) is 7. The van der Waals surface area contributed by atoms with Gasteiger partial charge in [0.05, 0.1) is 11.3 Å². The van der Waals surface area contributed by atoms with Crippen LogP contribution in [0.15, 0.2) is 18.2 Å². The third kappa shape index (κ3) is 3.33. The summed E-state index contributed by atoms with van der Waals surface area (Å²) in [5, 5.41) is 10.8. The van der Waals surface area contributed by atoms with Gasteiger partial charge in [-0.05, 0) is 12.0 Å². The molecule has 0 saturated heterocycles. The van der Waals surface area contributed by atoms with Gasteiger partial charge < -0.3 is 9.74 Å². The van der Waals surface area contributed by atoms with E-state index < -0.39 is 10.9 Å². The van der Waals surface area contributed by atoms with Gasteiger partial charge in [-0.3, -0.25) is 19.7 Å². The summed E-state index contributed by atoms with van der Waals surface area (Å²) >= 11 is 0. The Morgan fingerprint density at radius 3 is 2.95 bits per heavy atom. The van der Waals surface area contributed by atoms with Crippen molar-refractivity contribution >= 4 is 17.6 Å². The van der Waals surface area contributed by atoms with E-state index in [1.165, 1.54) is 17.0 Å². The Morgan fingerprint density at radius 1 is 1.52 bits per heavy atom. The maximum atomic E-state index is 12.3. The number of nitrogens with zero attached hydrogens (tertiary/aromatic N) is 2. The van der Waals surface area contributed by atoms with Gasteiger partial charge >= 0.3 is 5.97 Å². The summed E-state index contributed by atoms with van der Waals surface area (Å²) < 4.78 is 0. The van der Waals surface area contributed by atoms with Crippen LogP contribution in [0.2, 0.25) is 0 Å². The molecule has 1 aromatic carbocycles. The average Bonchev–Trinajstić information content (AvgIpc) is 2.46. The second-order valence-corrected chi connectivity index (χ2v) is 4.48. The van der Waals surface area contributed by atoms with Crippen LogP contribution in [0.3, 0.4) is 0 Å². The minimum absolute atomic E-state index is 0.0137. The zero-order valence-corrected chi connectivity index (χ0v) is 11.1. The Kier molecular flexibility index (Phi) is 4.45. The van der Waals surface area contributed by atoms with E-state index >= 15 is 0 Å². The molecule has 0 unspecified atom stereocenters. The highest BCUT2D eigenvalue weighted by atomic mass is 16.7. The molecular weight excluding hydrogens is 280 g/mol. The van der Waals surface area contributed by atoms with Crippen LogP contribution in [0.25, 0.3) is 0 Å². The zero-order chi connectivity index (χ0) is 15.4. The predicted molar refractivity (Wildman–Crippen MR) is 70.7 cm³/mol. The minimum Gasteiger partial charge on any atom is -0.356 e. The molecule has 0 saturated carbocycles. The van der Waals surface area contributed by atoms with Crippen molar-refractivity contribution in [1.82, 2.24) is 10.5 Å². The summed E-state index contributed by atoms with van der Waals surface area (Å²) in [5.74, 6) is 3.92. The Bertz CT molecular complexity index is 589. The van der Waals surface area contributed by atoms with Gasteiger partial charge in [0.25, 0.3) is 11.6 Å². The van der Waals surface area contributed by atoms with Crippen molar-refractivity contribution in [1.29, 1.82) is 0 Å². The molecule has 0 spiro atoms. The van der Waals surface area contributed by atoms with E-state index in [0.717, 1.165) is 5.56 Å². The van der Waals surface area contributed by atoms with Crippen LogP contribution >= 0.6 is 0 Å². The van der Waals surface area contributed by atoms with Gasteiger partial charge in [0.2, 0.25) is 0 Å². The zero-order valence-electron chi connectivity index (χ0n) is 11.1. The molecule has 1 aromatic rings.